The molecule has 6 nitrogen and oxygen atoms in total. The van der Waals surface area contributed by atoms with Gasteiger partial charge in [-0.15, -0.1) is 0 Å². The van der Waals surface area contributed by atoms with Crippen molar-refractivity contribution in [3.8, 4) is 11.4 Å². The van der Waals surface area contributed by atoms with Gasteiger partial charge in [-0.3, -0.25) is 9.69 Å². The maximum absolute atomic E-state index is 12.2. The maximum Gasteiger partial charge on any atom is 0.327 e. The number of rotatable bonds is 5. The molecule has 1 aromatic heterocycles. The topological polar surface area (TPSA) is 61.6 Å². The molecule has 1 N–H and O–H groups in total. The normalized spacial score (nSPS) is 16.0. The number of halogens is 1. The molecule has 1 aliphatic heterocycles. The number of benzene rings is 2. The van der Waals surface area contributed by atoms with Crippen molar-refractivity contribution >= 4 is 23.3 Å². The quantitative estimate of drug-likeness (QED) is 0.695. The Bertz CT molecular complexity index is 983. The molecule has 1 fully saturated rings. The summed E-state index contributed by atoms with van der Waals surface area (Å²) in [5.41, 5.74) is 2.58. The van der Waals surface area contributed by atoms with Crippen molar-refractivity contribution in [2.24, 2.45) is 7.05 Å². The highest BCUT2D eigenvalue weighted by Gasteiger charge is 2.35. The lowest BCUT2D eigenvalue weighted by Gasteiger charge is -2.38. The van der Waals surface area contributed by atoms with Gasteiger partial charge in [-0.05, 0) is 12.1 Å². The molecule has 2 aromatic carbocycles. The number of hydrogen-bond acceptors (Lipinski definition) is 4. The van der Waals surface area contributed by atoms with E-state index in [9.17, 15) is 9.90 Å². The fraction of sp³-hybridized carbons (Fsp3) is 0.273. The number of imidazole rings is 1. The highest BCUT2D eigenvalue weighted by atomic mass is 35.5. The third-order valence-corrected chi connectivity index (χ3v) is 5.70. The molecule has 0 amide bonds. The summed E-state index contributed by atoms with van der Waals surface area (Å²) >= 11 is 6.45. The Kier molecular flexibility index (Phi) is 5.56. The van der Waals surface area contributed by atoms with Crippen LogP contribution in [0.3, 0.4) is 0 Å². The zero-order valence-electron chi connectivity index (χ0n) is 16.2. The zero-order valence-corrected chi connectivity index (χ0v) is 17.0. The number of nitrogens with zero attached hydrogens (tertiary/aromatic N) is 4. The van der Waals surface area contributed by atoms with E-state index in [2.05, 4.69) is 22.0 Å². The number of carboxylic acids is 1. The second-order valence-electron chi connectivity index (χ2n) is 7.14. The largest absolute Gasteiger partial charge is 0.480 e. The van der Waals surface area contributed by atoms with Crippen molar-refractivity contribution in [1.82, 2.24) is 14.5 Å². The molecule has 7 heteroatoms. The zero-order chi connectivity index (χ0) is 20.4. The van der Waals surface area contributed by atoms with Gasteiger partial charge >= 0.3 is 5.97 Å². The minimum absolute atomic E-state index is 0.240. The van der Waals surface area contributed by atoms with Gasteiger partial charge < -0.3 is 14.6 Å². The molecule has 1 aliphatic rings. The van der Waals surface area contributed by atoms with Crippen molar-refractivity contribution in [3.63, 3.8) is 0 Å². The lowest BCUT2D eigenvalue weighted by Crippen LogP contribution is -2.49. The first kappa shape index (κ1) is 19.5. The Balaban J connectivity index is 1.60. The second kappa shape index (κ2) is 8.27. The minimum Gasteiger partial charge on any atom is -0.480 e. The maximum atomic E-state index is 12.2. The summed E-state index contributed by atoms with van der Waals surface area (Å²) in [6.07, 6.45) is 0. The van der Waals surface area contributed by atoms with Crippen LogP contribution < -0.4 is 4.90 Å². The van der Waals surface area contributed by atoms with E-state index >= 15 is 0 Å². The van der Waals surface area contributed by atoms with Crippen LogP contribution in [0.5, 0.6) is 0 Å². The van der Waals surface area contributed by atoms with Gasteiger partial charge in [0.25, 0.3) is 0 Å². The number of piperazine rings is 1. The van der Waals surface area contributed by atoms with Crippen molar-refractivity contribution < 1.29 is 9.90 Å². The number of carboxylic acid groups (broad SMARTS) is 1. The average molecular weight is 411 g/mol. The Morgan fingerprint density at radius 1 is 1.00 bits per heavy atom. The Morgan fingerprint density at radius 2 is 1.59 bits per heavy atom. The SMILES string of the molecule is Cn1c(-c2ccccc2)nc(Cl)c1C(C(=O)O)N1CCN(c2ccccc2)CC1. The van der Waals surface area contributed by atoms with Crippen LogP contribution in [0.2, 0.25) is 5.15 Å². The summed E-state index contributed by atoms with van der Waals surface area (Å²) in [6.45, 7) is 2.78. The summed E-state index contributed by atoms with van der Waals surface area (Å²) in [6, 6.07) is 19.0. The van der Waals surface area contributed by atoms with Crippen molar-refractivity contribution in [2.45, 2.75) is 6.04 Å². The van der Waals surface area contributed by atoms with Crippen LogP contribution in [-0.2, 0) is 11.8 Å². The summed E-state index contributed by atoms with van der Waals surface area (Å²) < 4.78 is 1.81. The molecule has 0 bridgehead atoms. The van der Waals surface area contributed by atoms with Gasteiger partial charge in [-0.1, -0.05) is 60.1 Å². The van der Waals surface area contributed by atoms with Gasteiger partial charge in [0, 0.05) is 44.5 Å². The first-order valence-corrected chi connectivity index (χ1v) is 9.98. The van der Waals surface area contributed by atoms with Crippen molar-refractivity contribution in [3.05, 3.63) is 71.5 Å². The molecule has 2 heterocycles. The van der Waals surface area contributed by atoms with E-state index in [0.29, 0.717) is 24.6 Å². The number of anilines is 1. The summed E-state index contributed by atoms with van der Waals surface area (Å²) in [5.74, 6) is -0.248. The van der Waals surface area contributed by atoms with Gasteiger partial charge in [-0.25, -0.2) is 4.98 Å². The Morgan fingerprint density at radius 3 is 2.17 bits per heavy atom. The van der Waals surface area contributed by atoms with E-state index in [0.717, 1.165) is 24.3 Å². The fourth-order valence-corrected chi connectivity index (χ4v) is 4.25. The van der Waals surface area contributed by atoms with Gasteiger partial charge in [0.1, 0.15) is 5.82 Å². The average Bonchev–Trinajstić information content (AvgIpc) is 3.04. The first-order valence-electron chi connectivity index (χ1n) is 9.60. The molecule has 1 atom stereocenters. The van der Waals surface area contributed by atoms with Gasteiger partial charge in [0.05, 0.1) is 5.69 Å². The Hall–Kier alpha value is -2.83. The molecule has 150 valence electrons. The van der Waals surface area contributed by atoms with E-state index in [-0.39, 0.29) is 5.15 Å². The van der Waals surface area contributed by atoms with E-state index in [1.807, 2.05) is 60.5 Å². The molecule has 0 spiro atoms. The van der Waals surface area contributed by atoms with Crippen LogP contribution in [0.4, 0.5) is 5.69 Å². The van der Waals surface area contributed by atoms with E-state index in [1.165, 1.54) is 0 Å². The molecule has 0 saturated carbocycles. The first-order chi connectivity index (χ1) is 14.1. The van der Waals surface area contributed by atoms with Gasteiger partial charge in [0.2, 0.25) is 0 Å². The molecular formula is C22H23ClN4O2. The van der Waals surface area contributed by atoms with Crippen LogP contribution in [0, 0.1) is 0 Å². The number of para-hydroxylation sites is 1. The predicted octanol–water partition coefficient (Wildman–Crippen LogP) is 3.69. The van der Waals surface area contributed by atoms with Crippen LogP contribution in [-0.4, -0.2) is 51.7 Å². The predicted molar refractivity (Wildman–Crippen MR) is 114 cm³/mol. The molecule has 0 aliphatic carbocycles. The molecular weight excluding hydrogens is 388 g/mol. The van der Waals surface area contributed by atoms with Crippen LogP contribution in [0.25, 0.3) is 11.4 Å². The third kappa shape index (κ3) is 3.86. The Labute approximate surface area is 175 Å². The molecule has 0 radical (unpaired) electrons. The van der Waals surface area contributed by atoms with Crippen molar-refractivity contribution in [2.75, 3.05) is 31.1 Å². The second-order valence-corrected chi connectivity index (χ2v) is 7.49. The number of aliphatic carboxylic acids is 1. The minimum atomic E-state index is -0.914. The number of carbonyl (C=O) groups is 1. The van der Waals surface area contributed by atoms with E-state index < -0.39 is 12.0 Å². The van der Waals surface area contributed by atoms with E-state index in [4.69, 9.17) is 11.6 Å². The third-order valence-electron chi connectivity index (χ3n) is 5.42. The summed E-state index contributed by atoms with van der Waals surface area (Å²) in [4.78, 5) is 21.0. The van der Waals surface area contributed by atoms with Gasteiger partial charge in [0.15, 0.2) is 11.2 Å². The van der Waals surface area contributed by atoms with E-state index in [1.54, 1.807) is 4.57 Å². The van der Waals surface area contributed by atoms with Crippen molar-refractivity contribution in [1.29, 1.82) is 0 Å². The molecule has 3 aromatic rings. The molecule has 29 heavy (non-hydrogen) atoms. The lowest BCUT2D eigenvalue weighted by molar-refractivity contribution is -0.144. The summed E-state index contributed by atoms with van der Waals surface area (Å²) in [5, 5.41) is 10.3. The smallest absolute Gasteiger partial charge is 0.327 e. The lowest BCUT2D eigenvalue weighted by atomic mass is 10.1. The number of hydrogen-bond donors (Lipinski definition) is 1. The highest BCUT2D eigenvalue weighted by Crippen LogP contribution is 2.33. The van der Waals surface area contributed by atoms with Crippen LogP contribution in [0.1, 0.15) is 11.7 Å². The standard InChI is InChI=1S/C22H23ClN4O2/c1-25-18(20(23)24-21(25)16-8-4-2-5-9-16)19(22(28)29)27-14-12-26(13-15-27)17-10-6-3-7-11-17/h2-11,19H,12-15H2,1H3,(H,28,29). The van der Waals surface area contributed by atoms with Crippen LogP contribution >= 0.6 is 11.6 Å². The molecule has 1 saturated heterocycles. The summed E-state index contributed by atoms with van der Waals surface area (Å²) in [7, 11) is 1.83. The fourth-order valence-electron chi connectivity index (χ4n) is 3.94. The van der Waals surface area contributed by atoms with Crippen LogP contribution in [0.15, 0.2) is 60.7 Å². The van der Waals surface area contributed by atoms with Gasteiger partial charge in [-0.2, -0.15) is 0 Å². The highest BCUT2D eigenvalue weighted by molar-refractivity contribution is 6.30. The monoisotopic (exact) mass is 410 g/mol. The molecule has 4 rings (SSSR count). The number of aromatic nitrogens is 2. The molecule has 1 unspecified atom stereocenters.